The van der Waals surface area contributed by atoms with Crippen molar-refractivity contribution in [3.63, 3.8) is 0 Å². The highest BCUT2D eigenvalue weighted by Crippen LogP contribution is 2.50. The molecule has 588 valence electrons. The Kier molecular flexibility index (Phi) is 24.1. The van der Waals surface area contributed by atoms with Crippen LogP contribution in [0.1, 0.15) is 41.5 Å². The number of piperazine rings is 3. The Labute approximate surface area is 678 Å². The van der Waals surface area contributed by atoms with Crippen LogP contribution in [-0.4, -0.2) is 172 Å². The molecule has 0 radical (unpaired) electrons. The summed E-state index contributed by atoms with van der Waals surface area (Å²) < 4.78 is 76.2. The summed E-state index contributed by atoms with van der Waals surface area (Å²) in [5, 5.41) is 2.59. The van der Waals surface area contributed by atoms with Gasteiger partial charge in [0.05, 0.1) is 41.7 Å². The second-order valence-corrected chi connectivity index (χ2v) is 33.9. The Morgan fingerprint density at radius 3 is 1.09 bits per heavy atom. The third kappa shape index (κ3) is 15.4. The predicted molar refractivity (Wildman–Crippen MR) is 440 cm³/mol. The summed E-state index contributed by atoms with van der Waals surface area (Å²) in [6.07, 6.45) is 3.92. The first-order valence-corrected chi connectivity index (χ1v) is 40.7. The van der Waals surface area contributed by atoms with Gasteiger partial charge >= 0.3 is 17.1 Å². The van der Waals surface area contributed by atoms with Gasteiger partial charge in [0, 0.05) is 201 Å². The van der Waals surface area contributed by atoms with Crippen LogP contribution < -0.4 is 49.0 Å². The molecule has 0 aliphatic carbocycles. The Hall–Kier alpha value is -8.20. The number of aromatic nitrogens is 6. The lowest BCUT2D eigenvalue weighted by Gasteiger charge is -2.44. The number of thioether (sulfide) groups is 3. The molecule has 3 amide bonds. The number of carbonyl (C=O) groups excluding carboxylic acids is 3. The van der Waals surface area contributed by atoms with E-state index in [1.807, 2.05) is 56.2 Å². The van der Waals surface area contributed by atoms with E-state index in [-0.39, 0.29) is 116 Å². The molecule has 0 bridgehead atoms. The number of halogens is 10. The van der Waals surface area contributed by atoms with E-state index in [1.54, 1.807) is 43.5 Å². The zero-order valence-corrected chi connectivity index (χ0v) is 67.7. The van der Waals surface area contributed by atoms with Crippen LogP contribution in [0.5, 0.6) is 0 Å². The van der Waals surface area contributed by atoms with E-state index in [4.69, 9.17) is 75.2 Å². The zero-order valence-electron chi connectivity index (χ0n) is 61.4. The summed E-state index contributed by atoms with van der Waals surface area (Å²) >= 11 is 36.8. The number of anilines is 3. The second-order valence-electron chi connectivity index (χ2n) is 28.7. The number of amides is 3. The molecule has 6 aliphatic rings. The van der Waals surface area contributed by atoms with Gasteiger partial charge in [0.2, 0.25) is 17.7 Å². The van der Waals surface area contributed by atoms with Crippen LogP contribution >= 0.6 is 93.3 Å². The van der Waals surface area contributed by atoms with Crippen LogP contribution in [0.2, 0.25) is 25.1 Å². The first-order chi connectivity index (χ1) is 53.2. The minimum atomic E-state index is -0.883. The summed E-state index contributed by atoms with van der Waals surface area (Å²) in [5.41, 5.74) is 21.5. The summed E-state index contributed by atoms with van der Waals surface area (Å²) in [6.45, 7) is 26.0. The fraction of sp³-hybridized carbons (Fsp3) is 0.346. The van der Waals surface area contributed by atoms with Crippen molar-refractivity contribution >= 4 is 161 Å². The molecule has 0 spiro atoms. The normalized spacial score (nSPS) is 21.7. The largest absolute Gasteiger partial charge is 0.352 e. The average molecular weight is 1690 g/mol. The maximum atomic E-state index is 15.1. The van der Waals surface area contributed by atoms with Crippen molar-refractivity contribution in [1.82, 2.24) is 43.4 Å². The number of carbonyl (C=O) groups is 3. The monoisotopic (exact) mass is 1690 g/mol. The molecule has 112 heavy (non-hydrogen) atoms. The fourth-order valence-corrected chi connectivity index (χ4v) is 21.2. The Bertz CT molecular complexity index is 5570. The van der Waals surface area contributed by atoms with Crippen LogP contribution in [0.15, 0.2) is 134 Å². The van der Waals surface area contributed by atoms with Gasteiger partial charge in [0.1, 0.15) is 46.5 Å². The summed E-state index contributed by atoms with van der Waals surface area (Å²) in [6, 6.07) is 13.0. The highest BCUT2D eigenvalue weighted by molar-refractivity contribution is 8.00. The Balaban J connectivity index is 0.000000147. The first-order valence-electron chi connectivity index (χ1n) is 35.8. The van der Waals surface area contributed by atoms with Crippen LogP contribution in [0.25, 0.3) is 66.1 Å². The topological polar surface area (TPSA) is 253 Å². The van der Waals surface area contributed by atoms with E-state index in [9.17, 15) is 46.3 Å². The molecular weight excluding hydrogens is 1610 g/mol. The Morgan fingerprint density at radius 1 is 0.411 bits per heavy atom. The highest BCUT2D eigenvalue weighted by atomic mass is 35.5. The third-order valence-electron chi connectivity index (χ3n) is 20.7. The number of benzene rings is 6. The number of nitrogens with two attached hydrogens (primary N) is 3. The van der Waals surface area contributed by atoms with Crippen LogP contribution in [-0.2, 0) is 34.0 Å². The van der Waals surface area contributed by atoms with Crippen LogP contribution in [0.3, 0.4) is 0 Å². The molecule has 21 nitrogen and oxygen atoms in total. The molecule has 3 fully saturated rings. The van der Waals surface area contributed by atoms with Gasteiger partial charge in [-0.1, -0.05) is 83.8 Å². The third-order valence-corrected chi connectivity index (χ3v) is 26.0. The Morgan fingerprint density at radius 2 is 0.741 bits per heavy atom. The fourth-order valence-electron chi connectivity index (χ4n) is 16.1. The van der Waals surface area contributed by atoms with Gasteiger partial charge < -0.3 is 46.6 Å². The van der Waals surface area contributed by atoms with Gasteiger partial charge in [-0.15, -0.1) is 35.3 Å². The van der Waals surface area contributed by atoms with E-state index in [2.05, 4.69) is 34.7 Å². The molecule has 15 rings (SSSR count). The van der Waals surface area contributed by atoms with Crippen molar-refractivity contribution in [2.24, 2.45) is 17.2 Å². The molecule has 3 aromatic heterocycles. The van der Waals surface area contributed by atoms with Crippen LogP contribution in [0.4, 0.5) is 39.4 Å². The minimum Gasteiger partial charge on any atom is -0.352 e. The van der Waals surface area contributed by atoms with Crippen molar-refractivity contribution < 1.29 is 36.3 Å². The number of nitrogens with zero attached hydrogens (tertiary/aromatic N) is 12. The minimum absolute atomic E-state index is 0.0149. The van der Waals surface area contributed by atoms with E-state index < -0.39 is 46.2 Å². The number of hydrogen-bond donors (Lipinski definition) is 3. The molecule has 9 heterocycles. The van der Waals surface area contributed by atoms with Gasteiger partial charge in [-0.25, -0.2) is 36.3 Å². The smallest absolute Gasteiger partial charge is 0.350 e. The standard InChI is InChI=1S/C26H25Cl2F2N5O2S.C26H26Cl2FN5O2S.C26H26ClF2N5O2S/c1-4-21(36)35-12(2)8-33(9-13(35)3)25-16-6-18(28)22(15-5-17(27)20(30)7-19(15)29)24-23(16)34(26(37)32-25)10-14(31)11-38-24;1-4-21(35)34-13(2)9-32(10-14(34)3)25-17-8-19(28)22(15-5-6-20(29)18(27)7-15)24-23(17)33(26(36)31-25)11-16(30)12-37-24;1-4-21(35)34-13(2)9-32(10-14(34)3)25-18-8-19(27)22(17-6-5-15(28)7-20(17)29)24-23(18)33(26(36)31-25)11-16(30)12-37-24/h4-7,12-14H,1,8-11,31H2,2-3H3;2*4-8,13-14,16H,1,9-12,30H2,2-3H3/t12-,13+,14?;2*13-,14+,16?. The van der Waals surface area contributed by atoms with Gasteiger partial charge in [-0.2, -0.15) is 15.0 Å². The van der Waals surface area contributed by atoms with Crippen molar-refractivity contribution in [2.45, 2.75) is 130 Å². The SMILES string of the molecule is C=CC(=O)N1[C@H](C)CN(c2nc(=O)n3c4c(c(-c5cc(Cl)c(F)cc5F)c(Cl)cc24)SCC(N)C3)C[C@@H]1C.C=CC(=O)N1[C@H](C)CN(c2nc(=O)n3c4c(c(-c5ccc(F)c(Cl)c5)c(Cl)cc24)SCC(N)C3)C[C@@H]1C.C=CC(=O)N1[C@H](C)CN(c2nc(=O)n3c4c(c(-c5ccc(F)cc5F)c(Cl)cc24)SCC(N)C3)C[C@@H]1C. The van der Waals surface area contributed by atoms with E-state index in [0.717, 1.165) is 22.4 Å². The van der Waals surface area contributed by atoms with Crippen LogP contribution in [0, 0.1) is 29.1 Å². The molecule has 3 unspecified atom stereocenters. The maximum absolute atomic E-state index is 15.1. The molecule has 6 N–H and O–H groups in total. The molecule has 9 atom stereocenters. The van der Waals surface area contributed by atoms with Crippen molar-refractivity contribution in [3.05, 3.63) is 190 Å². The summed E-state index contributed by atoms with van der Waals surface area (Å²) in [7, 11) is 0. The lowest BCUT2D eigenvalue weighted by Crippen LogP contribution is -2.58. The molecule has 0 saturated carbocycles. The van der Waals surface area contributed by atoms with Gasteiger partial charge in [0.25, 0.3) is 0 Å². The molecule has 3 saturated heterocycles. The highest BCUT2D eigenvalue weighted by Gasteiger charge is 2.40. The molecular formula is C78H77Cl5F5N15O6S3. The van der Waals surface area contributed by atoms with Crippen molar-refractivity contribution in [3.8, 4) is 33.4 Å². The predicted octanol–water partition coefficient (Wildman–Crippen LogP) is 13.3. The lowest BCUT2D eigenvalue weighted by molar-refractivity contribution is -0.131. The molecule has 6 aliphatic heterocycles. The molecule has 34 heteroatoms. The quantitative estimate of drug-likeness (QED) is 0.0690. The first kappa shape index (κ1) is 81.8. The molecule has 6 aromatic carbocycles. The van der Waals surface area contributed by atoms with Crippen molar-refractivity contribution in [1.29, 1.82) is 0 Å². The molecule has 9 aromatic rings. The van der Waals surface area contributed by atoms with Gasteiger partial charge in [-0.3, -0.25) is 28.1 Å². The number of rotatable bonds is 9. The van der Waals surface area contributed by atoms with Crippen molar-refractivity contribution in [2.75, 3.05) is 71.2 Å². The summed E-state index contributed by atoms with van der Waals surface area (Å²) in [5.74, 6) is -1.26. The van der Waals surface area contributed by atoms with E-state index in [0.29, 0.717) is 145 Å². The number of hydrogen-bond acceptors (Lipinski definition) is 18. The van der Waals surface area contributed by atoms with E-state index in [1.165, 1.54) is 93.0 Å². The maximum Gasteiger partial charge on any atom is 0.350 e. The zero-order chi connectivity index (χ0) is 80.6. The van der Waals surface area contributed by atoms with Gasteiger partial charge in [0.15, 0.2) is 0 Å². The lowest BCUT2D eigenvalue weighted by atomic mass is 10.0. The van der Waals surface area contributed by atoms with Gasteiger partial charge in [-0.05, 0) is 114 Å². The summed E-state index contributed by atoms with van der Waals surface area (Å²) in [4.78, 5) is 104. The average Bonchev–Trinajstić information content (AvgIpc) is 1.20. The second kappa shape index (κ2) is 33.0. The van der Waals surface area contributed by atoms with E-state index >= 15 is 4.39 Å².